The van der Waals surface area contributed by atoms with Gasteiger partial charge in [-0.2, -0.15) is 5.26 Å². The number of likely N-dealkylation sites (tertiary alicyclic amines) is 1. The number of nitriles is 1. The second kappa shape index (κ2) is 12.4. The Morgan fingerprint density at radius 3 is 2.29 bits per heavy atom. The minimum Gasteiger partial charge on any atom is -0.344 e. The molecule has 0 bridgehead atoms. The summed E-state index contributed by atoms with van der Waals surface area (Å²) in [5.41, 5.74) is 1.21. The lowest BCUT2D eigenvalue weighted by molar-refractivity contribution is -0.143. The molecule has 10 heteroatoms. The summed E-state index contributed by atoms with van der Waals surface area (Å²) in [5, 5.41) is 12.2. The van der Waals surface area contributed by atoms with Gasteiger partial charge >= 0.3 is 0 Å². The van der Waals surface area contributed by atoms with E-state index in [-0.39, 0.29) is 42.8 Å². The summed E-state index contributed by atoms with van der Waals surface area (Å²) in [6, 6.07) is 11.8. The fourth-order valence-electron chi connectivity index (χ4n) is 5.79. The van der Waals surface area contributed by atoms with Crippen molar-refractivity contribution in [3.05, 3.63) is 70.8 Å². The van der Waals surface area contributed by atoms with Crippen LogP contribution in [0.4, 0.5) is 8.78 Å². The third-order valence-corrected chi connectivity index (χ3v) is 8.09. The molecule has 4 rings (SSSR count). The number of rotatable bonds is 6. The summed E-state index contributed by atoms with van der Waals surface area (Å²) < 4.78 is 28.5. The number of amides is 3. The van der Waals surface area contributed by atoms with Crippen molar-refractivity contribution < 1.29 is 23.2 Å². The maximum absolute atomic E-state index is 14.8. The molecule has 2 fully saturated rings. The first kappa shape index (κ1) is 30.1. The van der Waals surface area contributed by atoms with Crippen molar-refractivity contribution in [3.8, 4) is 6.07 Å². The molecule has 2 heterocycles. The van der Waals surface area contributed by atoms with Crippen molar-refractivity contribution in [1.29, 1.82) is 5.26 Å². The zero-order valence-corrected chi connectivity index (χ0v) is 24.0. The van der Waals surface area contributed by atoms with Crippen LogP contribution in [-0.2, 0) is 20.8 Å². The Morgan fingerprint density at radius 2 is 1.68 bits per heavy atom. The number of halogens is 2. The van der Waals surface area contributed by atoms with Gasteiger partial charge in [0.15, 0.2) is 0 Å². The predicted octanol–water partition coefficient (Wildman–Crippen LogP) is 3.07. The van der Waals surface area contributed by atoms with E-state index in [2.05, 4.69) is 16.3 Å². The van der Waals surface area contributed by atoms with Crippen LogP contribution >= 0.6 is 0 Å². The Morgan fingerprint density at radius 1 is 1.02 bits per heavy atom. The molecule has 2 aromatic carbocycles. The minimum atomic E-state index is -0.842. The number of carbonyl (C=O) groups is 3. The molecule has 0 unspecified atom stereocenters. The van der Waals surface area contributed by atoms with Crippen molar-refractivity contribution in [2.75, 3.05) is 39.3 Å². The number of benzene rings is 2. The molecule has 0 saturated carbocycles. The predicted molar refractivity (Wildman–Crippen MR) is 150 cm³/mol. The van der Waals surface area contributed by atoms with Gasteiger partial charge in [-0.15, -0.1) is 0 Å². The molecular formula is C31H37F2N5O3. The Bertz CT molecular complexity index is 1340. The second-order valence-electron chi connectivity index (χ2n) is 11.8. The van der Waals surface area contributed by atoms with Gasteiger partial charge in [0.1, 0.15) is 17.7 Å². The SMILES string of the molecule is CC(=O)N[C@@H](Cc1ccccc1C#N)C(=O)N1CCN(C(=O)[C@@H]2CN(C(C)(C)C)C[C@H]2c2ccc(F)cc2F)CC1. The van der Waals surface area contributed by atoms with Gasteiger partial charge in [0, 0.05) is 70.1 Å². The minimum absolute atomic E-state index is 0.112. The monoisotopic (exact) mass is 565 g/mol. The van der Waals surface area contributed by atoms with E-state index in [1.165, 1.54) is 19.1 Å². The van der Waals surface area contributed by atoms with E-state index >= 15 is 0 Å². The van der Waals surface area contributed by atoms with Crippen LogP contribution in [0.2, 0.25) is 0 Å². The highest BCUT2D eigenvalue weighted by Crippen LogP contribution is 2.38. The normalized spacial score (nSPS) is 20.4. The van der Waals surface area contributed by atoms with Crippen LogP contribution in [0.5, 0.6) is 0 Å². The average Bonchev–Trinajstić information content (AvgIpc) is 3.38. The lowest BCUT2D eigenvalue weighted by atomic mass is 9.87. The lowest BCUT2D eigenvalue weighted by Crippen LogP contribution is -2.57. The topological polar surface area (TPSA) is 96.7 Å². The largest absolute Gasteiger partial charge is 0.344 e. The molecule has 2 saturated heterocycles. The molecule has 0 radical (unpaired) electrons. The number of nitrogens with one attached hydrogen (secondary N) is 1. The fourth-order valence-corrected chi connectivity index (χ4v) is 5.79. The Kier molecular flexibility index (Phi) is 9.08. The zero-order valence-electron chi connectivity index (χ0n) is 24.0. The quantitative estimate of drug-likeness (QED) is 0.581. The molecule has 41 heavy (non-hydrogen) atoms. The molecule has 3 atom stereocenters. The van der Waals surface area contributed by atoms with Gasteiger partial charge in [0.2, 0.25) is 17.7 Å². The van der Waals surface area contributed by atoms with Crippen LogP contribution in [0, 0.1) is 28.9 Å². The second-order valence-corrected chi connectivity index (χ2v) is 11.8. The average molecular weight is 566 g/mol. The standard InChI is InChI=1S/C31H37F2N5O3/c1-20(39)35-28(15-21-7-5-6-8-22(21)17-34)30(41)37-13-11-36(12-14-37)29(40)26-19-38(31(2,3)4)18-25(26)24-10-9-23(32)16-27(24)33/h5-10,16,25-26,28H,11-15,18-19H2,1-4H3,(H,35,39)/t25-,26+,28-/m0/s1. The molecule has 1 N–H and O–H groups in total. The van der Waals surface area contributed by atoms with E-state index in [0.717, 1.165) is 6.07 Å². The van der Waals surface area contributed by atoms with Crippen molar-refractivity contribution in [2.24, 2.45) is 5.92 Å². The van der Waals surface area contributed by atoms with Gasteiger partial charge in [-0.05, 0) is 44.0 Å². The van der Waals surface area contributed by atoms with E-state index in [0.29, 0.717) is 42.9 Å². The summed E-state index contributed by atoms with van der Waals surface area (Å²) in [6.45, 7) is 9.57. The summed E-state index contributed by atoms with van der Waals surface area (Å²) in [7, 11) is 0. The van der Waals surface area contributed by atoms with Gasteiger partial charge in [-0.1, -0.05) is 24.3 Å². The van der Waals surface area contributed by atoms with E-state index in [4.69, 9.17) is 0 Å². The van der Waals surface area contributed by atoms with E-state index < -0.39 is 29.5 Å². The lowest BCUT2D eigenvalue weighted by Gasteiger charge is -2.38. The fraction of sp³-hybridized carbons (Fsp3) is 0.484. The number of piperazine rings is 1. The van der Waals surface area contributed by atoms with E-state index in [1.807, 2.05) is 20.8 Å². The summed E-state index contributed by atoms with van der Waals surface area (Å²) in [4.78, 5) is 44.7. The molecule has 3 amide bonds. The number of nitrogens with zero attached hydrogens (tertiary/aromatic N) is 4. The first-order valence-corrected chi connectivity index (χ1v) is 13.9. The van der Waals surface area contributed by atoms with Gasteiger partial charge < -0.3 is 15.1 Å². The molecule has 0 aliphatic carbocycles. The third kappa shape index (κ3) is 6.91. The first-order valence-electron chi connectivity index (χ1n) is 13.9. The molecule has 218 valence electrons. The Hall–Kier alpha value is -3.84. The molecule has 2 aromatic rings. The molecule has 2 aliphatic rings. The highest BCUT2D eigenvalue weighted by molar-refractivity contribution is 5.87. The highest BCUT2D eigenvalue weighted by atomic mass is 19.1. The number of carbonyl (C=O) groups excluding carboxylic acids is 3. The van der Waals surface area contributed by atoms with Crippen molar-refractivity contribution >= 4 is 17.7 Å². The van der Waals surface area contributed by atoms with E-state index in [9.17, 15) is 28.4 Å². The van der Waals surface area contributed by atoms with Crippen LogP contribution in [-0.4, -0.2) is 83.3 Å². The summed E-state index contributed by atoms with van der Waals surface area (Å²) >= 11 is 0. The van der Waals surface area contributed by atoms with Crippen molar-refractivity contribution in [2.45, 2.75) is 51.6 Å². The van der Waals surface area contributed by atoms with Crippen LogP contribution in [0.1, 0.15) is 50.3 Å². The van der Waals surface area contributed by atoms with Crippen molar-refractivity contribution in [1.82, 2.24) is 20.0 Å². The van der Waals surface area contributed by atoms with Crippen LogP contribution in [0.15, 0.2) is 42.5 Å². The molecule has 8 nitrogen and oxygen atoms in total. The third-order valence-electron chi connectivity index (χ3n) is 8.09. The Balaban J connectivity index is 1.46. The number of hydrogen-bond acceptors (Lipinski definition) is 5. The molecule has 0 spiro atoms. The van der Waals surface area contributed by atoms with Gasteiger partial charge in [-0.25, -0.2) is 8.78 Å². The first-order chi connectivity index (χ1) is 19.4. The summed E-state index contributed by atoms with van der Waals surface area (Å²) in [5.74, 6) is -2.98. The van der Waals surface area contributed by atoms with Gasteiger partial charge in [-0.3, -0.25) is 19.3 Å². The van der Waals surface area contributed by atoms with Gasteiger partial charge in [0.25, 0.3) is 0 Å². The maximum atomic E-state index is 14.8. The highest BCUT2D eigenvalue weighted by Gasteiger charge is 2.45. The van der Waals surface area contributed by atoms with E-state index in [1.54, 1.807) is 34.1 Å². The molecular weight excluding hydrogens is 528 g/mol. The van der Waals surface area contributed by atoms with Crippen LogP contribution in [0.25, 0.3) is 0 Å². The van der Waals surface area contributed by atoms with Crippen molar-refractivity contribution in [3.63, 3.8) is 0 Å². The van der Waals surface area contributed by atoms with Crippen LogP contribution in [0.3, 0.4) is 0 Å². The molecule has 0 aromatic heterocycles. The van der Waals surface area contributed by atoms with Gasteiger partial charge in [0.05, 0.1) is 17.6 Å². The maximum Gasteiger partial charge on any atom is 0.245 e. The number of hydrogen-bond donors (Lipinski definition) is 1. The summed E-state index contributed by atoms with van der Waals surface area (Å²) in [6.07, 6.45) is 0.177. The van der Waals surface area contributed by atoms with Crippen LogP contribution < -0.4 is 5.32 Å². The molecule has 2 aliphatic heterocycles. The Labute approximate surface area is 239 Å². The zero-order chi connectivity index (χ0) is 29.9. The smallest absolute Gasteiger partial charge is 0.245 e.